The van der Waals surface area contributed by atoms with Crippen molar-refractivity contribution in [3.05, 3.63) is 35.9 Å². The van der Waals surface area contributed by atoms with Crippen molar-refractivity contribution in [3.63, 3.8) is 0 Å². The summed E-state index contributed by atoms with van der Waals surface area (Å²) in [5.41, 5.74) is 0.865. The van der Waals surface area contributed by atoms with Crippen molar-refractivity contribution >= 4 is 12.0 Å². The molecule has 3 unspecified atom stereocenters. The lowest BCUT2D eigenvalue weighted by Gasteiger charge is -2.24. The van der Waals surface area contributed by atoms with Gasteiger partial charge in [-0.25, -0.2) is 4.79 Å². The minimum absolute atomic E-state index is 0.131. The van der Waals surface area contributed by atoms with Gasteiger partial charge in [-0.1, -0.05) is 44.2 Å². The lowest BCUT2D eigenvalue weighted by Crippen LogP contribution is -2.53. The quantitative estimate of drug-likeness (QED) is 0.724. The van der Waals surface area contributed by atoms with Gasteiger partial charge in [0.15, 0.2) is 6.29 Å². The summed E-state index contributed by atoms with van der Waals surface area (Å²) in [6.07, 6.45) is -1.13. The van der Waals surface area contributed by atoms with Gasteiger partial charge in [0.1, 0.15) is 12.6 Å². The summed E-state index contributed by atoms with van der Waals surface area (Å²) >= 11 is 0. The van der Waals surface area contributed by atoms with Gasteiger partial charge in [0.2, 0.25) is 5.91 Å². The third-order valence-electron chi connectivity index (χ3n) is 3.82. The molecule has 1 aliphatic heterocycles. The number of hydrogen-bond donors (Lipinski definition) is 3. The van der Waals surface area contributed by atoms with E-state index in [1.165, 1.54) is 0 Å². The Bertz CT molecular complexity index is 549. The standard InChI is InChI=1S/C17H24N2O5/c1-11(2)14(15(20)18-13-8-9-23-16(13)21)19-17(22)24-10-12-6-4-3-5-7-12/h3-7,11,13-14,16,21H,8-10H2,1-2H3,(H,18,20)(H,19,22). The summed E-state index contributed by atoms with van der Waals surface area (Å²) in [7, 11) is 0. The highest BCUT2D eigenvalue weighted by Crippen LogP contribution is 2.12. The molecule has 0 radical (unpaired) electrons. The molecular formula is C17H24N2O5. The Labute approximate surface area is 141 Å². The van der Waals surface area contributed by atoms with Gasteiger partial charge in [0.05, 0.1) is 12.6 Å². The van der Waals surface area contributed by atoms with E-state index in [2.05, 4.69) is 10.6 Å². The summed E-state index contributed by atoms with van der Waals surface area (Å²) in [5, 5.41) is 14.9. The van der Waals surface area contributed by atoms with Crippen LogP contribution in [0.25, 0.3) is 0 Å². The minimum atomic E-state index is -1.01. The Morgan fingerprint density at radius 2 is 2.04 bits per heavy atom. The zero-order valence-corrected chi connectivity index (χ0v) is 13.9. The highest BCUT2D eigenvalue weighted by atomic mass is 16.6. The van der Waals surface area contributed by atoms with Crippen LogP contribution in [0.3, 0.4) is 0 Å². The molecular weight excluding hydrogens is 312 g/mol. The SMILES string of the molecule is CC(C)C(NC(=O)OCc1ccccc1)C(=O)NC1CCOC1O. The van der Waals surface area contributed by atoms with Gasteiger partial charge in [-0.3, -0.25) is 4.79 Å². The molecule has 0 spiro atoms. The summed E-state index contributed by atoms with van der Waals surface area (Å²) in [6, 6.07) is 8.08. The largest absolute Gasteiger partial charge is 0.445 e. The fourth-order valence-corrected chi connectivity index (χ4v) is 2.42. The summed E-state index contributed by atoms with van der Waals surface area (Å²) < 4.78 is 10.1. The van der Waals surface area contributed by atoms with E-state index in [0.29, 0.717) is 13.0 Å². The molecule has 0 bridgehead atoms. The number of benzene rings is 1. The van der Waals surface area contributed by atoms with Crippen LogP contribution in [-0.2, 0) is 20.9 Å². The smallest absolute Gasteiger partial charge is 0.408 e. The van der Waals surface area contributed by atoms with Crippen LogP contribution in [0.15, 0.2) is 30.3 Å². The first-order valence-corrected chi connectivity index (χ1v) is 8.04. The highest BCUT2D eigenvalue weighted by molar-refractivity contribution is 5.86. The molecule has 1 heterocycles. The number of carbonyl (C=O) groups excluding carboxylic acids is 2. The minimum Gasteiger partial charge on any atom is -0.445 e. The van der Waals surface area contributed by atoms with Crippen molar-refractivity contribution in [2.75, 3.05) is 6.61 Å². The molecule has 1 aromatic rings. The maximum Gasteiger partial charge on any atom is 0.408 e. The molecule has 0 aromatic heterocycles. The van der Waals surface area contributed by atoms with Crippen LogP contribution in [0.2, 0.25) is 0 Å². The first-order valence-electron chi connectivity index (χ1n) is 8.04. The van der Waals surface area contributed by atoms with E-state index in [1.807, 2.05) is 44.2 Å². The van der Waals surface area contributed by atoms with Crippen LogP contribution in [0.4, 0.5) is 4.79 Å². The average Bonchev–Trinajstić information content (AvgIpc) is 2.96. The molecule has 1 aromatic carbocycles. The van der Waals surface area contributed by atoms with Crippen molar-refractivity contribution in [2.24, 2.45) is 5.92 Å². The van der Waals surface area contributed by atoms with Gasteiger partial charge in [-0.15, -0.1) is 0 Å². The normalized spacial score (nSPS) is 21.3. The second-order valence-corrected chi connectivity index (χ2v) is 6.09. The predicted molar refractivity (Wildman–Crippen MR) is 86.9 cm³/mol. The fraction of sp³-hybridized carbons (Fsp3) is 0.529. The number of ether oxygens (including phenoxy) is 2. The van der Waals surface area contributed by atoms with Gasteiger partial charge < -0.3 is 25.2 Å². The Morgan fingerprint density at radius 1 is 1.33 bits per heavy atom. The van der Waals surface area contributed by atoms with Gasteiger partial charge in [0.25, 0.3) is 0 Å². The van der Waals surface area contributed by atoms with E-state index in [4.69, 9.17) is 9.47 Å². The molecule has 7 heteroatoms. The van der Waals surface area contributed by atoms with Crippen LogP contribution in [0, 0.1) is 5.92 Å². The summed E-state index contributed by atoms with van der Waals surface area (Å²) in [6.45, 7) is 4.17. The number of amides is 2. The Kier molecular flexibility index (Phi) is 6.57. The van der Waals surface area contributed by atoms with Crippen molar-refractivity contribution in [2.45, 2.75) is 45.2 Å². The molecule has 3 N–H and O–H groups in total. The topological polar surface area (TPSA) is 96.9 Å². The number of carbonyl (C=O) groups is 2. The van der Waals surface area contributed by atoms with E-state index >= 15 is 0 Å². The Hall–Kier alpha value is -2.12. The van der Waals surface area contributed by atoms with Crippen molar-refractivity contribution in [3.8, 4) is 0 Å². The van der Waals surface area contributed by atoms with Crippen molar-refractivity contribution < 1.29 is 24.2 Å². The molecule has 2 rings (SSSR count). The zero-order valence-electron chi connectivity index (χ0n) is 13.9. The first-order chi connectivity index (χ1) is 11.5. The molecule has 0 aliphatic carbocycles. The average molecular weight is 336 g/mol. The third kappa shape index (κ3) is 5.21. The van der Waals surface area contributed by atoms with Crippen LogP contribution in [0.5, 0.6) is 0 Å². The maximum absolute atomic E-state index is 12.3. The van der Waals surface area contributed by atoms with E-state index in [-0.39, 0.29) is 18.4 Å². The van der Waals surface area contributed by atoms with Crippen LogP contribution in [0.1, 0.15) is 25.8 Å². The summed E-state index contributed by atoms with van der Waals surface area (Å²) in [5.74, 6) is -0.495. The number of aliphatic hydroxyl groups excluding tert-OH is 1. The van der Waals surface area contributed by atoms with E-state index in [9.17, 15) is 14.7 Å². The number of alkyl carbamates (subject to hydrolysis) is 1. The lowest BCUT2D eigenvalue weighted by atomic mass is 10.0. The Balaban J connectivity index is 1.85. The molecule has 1 saturated heterocycles. The van der Waals surface area contributed by atoms with E-state index in [1.54, 1.807) is 0 Å². The van der Waals surface area contributed by atoms with Gasteiger partial charge in [-0.2, -0.15) is 0 Å². The molecule has 3 atom stereocenters. The Morgan fingerprint density at radius 3 is 2.62 bits per heavy atom. The zero-order chi connectivity index (χ0) is 17.5. The lowest BCUT2D eigenvalue weighted by molar-refractivity contribution is -0.128. The second kappa shape index (κ2) is 8.65. The van der Waals surface area contributed by atoms with Crippen LogP contribution in [-0.4, -0.2) is 42.1 Å². The number of nitrogens with one attached hydrogen (secondary N) is 2. The van der Waals surface area contributed by atoms with Crippen LogP contribution < -0.4 is 10.6 Å². The highest BCUT2D eigenvalue weighted by Gasteiger charge is 2.32. The molecule has 2 amide bonds. The van der Waals surface area contributed by atoms with Crippen molar-refractivity contribution in [1.29, 1.82) is 0 Å². The van der Waals surface area contributed by atoms with E-state index in [0.717, 1.165) is 5.56 Å². The van der Waals surface area contributed by atoms with E-state index < -0.39 is 24.5 Å². The molecule has 1 aliphatic rings. The fourth-order valence-electron chi connectivity index (χ4n) is 2.42. The number of hydrogen-bond acceptors (Lipinski definition) is 5. The first kappa shape index (κ1) is 18.2. The van der Waals surface area contributed by atoms with Gasteiger partial charge >= 0.3 is 6.09 Å². The number of aliphatic hydroxyl groups is 1. The molecule has 7 nitrogen and oxygen atoms in total. The van der Waals surface area contributed by atoms with Gasteiger partial charge in [-0.05, 0) is 17.9 Å². The molecule has 1 fully saturated rings. The molecule has 24 heavy (non-hydrogen) atoms. The van der Waals surface area contributed by atoms with Crippen LogP contribution >= 0.6 is 0 Å². The summed E-state index contributed by atoms with van der Waals surface area (Å²) in [4.78, 5) is 24.3. The third-order valence-corrected chi connectivity index (χ3v) is 3.82. The molecule has 132 valence electrons. The van der Waals surface area contributed by atoms with Crippen molar-refractivity contribution in [1.82, 2.24) is 10.6 Å². The number of rotatable bonds is 6. The predicted octanol–water partition coefficient (Wildman–Crippen LogP) is 1.16. The monoisotopic (exact) mass is 336 g/mol. The molecule has 0 saturated carbocycles. The van der Waals surface area contributed by atoms with Gasteiger partial charge in [0, 0.05) is 0 Å². The maximum atomic E-state index is 12.3. The second-order valence-electron chi connectivity index (χ2n) is 6.09.